The van der Waals surface area contributed by atoms with Crippen molar-refractivity contribution in [1.82, 2.24) is 5.43 Å². The molecule has 0 radical (unpaired) electrons. The van der Waals surface area contributed by atoms with Gasteiger partial charge in [0.05, 0.1) is 11.8 Å². The van der Waals surface area contributed by atoms with Crippen LogP contribution in [0.5, 0.6) is 5.75 Å². The summed E-state index contributed by atoms with van der Waals surface area (Å²) in [5, 5.41) is 6.79. The second-order valence-corrected chi connectivity index (χ2v) is 8.45. The van der Waals surface area contributed by atoms with E-state index < -0.39 is 11.9 Å². The Morgan fingerprint density at radius 1 is 0.722 bits per heavy atom. The lowest BCUT2D eigenvalue weighted by atomic mass is 10.1. The van der Waals surface area contributed by atoms with E-state index in [9.17, 15) is 14.4 Å². The fourth-order valence-electron chi connectivity index (χ4n) is 3.17. The Labute approximate surface area is 215 Å². The third kappa shape index (κ3) is 6.52. The first-order valence-electron chi connectivity index (χ1n) is 10.9. The third-order valence-corrected chi connectivity index (χ3v) is 5.49. The van der Waals surface area contributed by atoms with E-state index in [2.05, 4.69) is 31.8 Å². The number of esters is 1. The molecule has 0 heterocycles. The summed E-state index contributed by atoms with van der Waals surface area (Å²) in [7, 11) is 0. The average Bonchev–Trinajstić information content (AvgIpc) is 2.91. The number of halogens is 1. The number of nitrogens with one attached hydrogen (secondary N) is 2. The average molecular weight is 542 g/mol. The first-order chi connectivity index (χ1) is 17.5. The van der Waals surface area contributed by atoms with Crippen molar-refractivity contribution in [3.05, 3.63) is 130 Å². The molecular weight excluding hydrogens is 522 g/mol. The number of hydrogen-bond donors (Lipinski definition) is 2. The van der Waals surface area contributed by atoms with Gasteiger partial charge >= 0.3 is 5.97 Å². The van der Waals surface area contributed by atoms with E-state index in [1.807, 2.05) is 12.1 Å². The molecule has 0 saturated carbocycles. The molecule has 0 bridgehead atoms. The van der Waals surface area contributed by atoms with Crippen LogP contribution < -0.4 is 15.5 Å². The van der Waals surface area contributed by atoms with Crippen LogP contribution in [0.2, 0.25) is 0 Å². The van der Waals surface area contributed by atoms with Crippen LogP contribution >= 0.6 is 15.9 Å². The second kappa shape index (κ2) is 11.7. The van der Waals surface area contributed by atoms with E-state index in [0.717, 1.165) is 4.47 Å². The fraction of sp³-hybridized carbons (Fsp3) is 0. The lowest BCUT2D eigenvalue weighted by Crippen LogP contribution is -2.18. The summed E-state index contributed by atoms with van der Waals surface area (Å²) < 4.78 is 6.26. The van der Waals surface area contributed by atoms with Crippen molar-refractivity contribution in [1.29, 1.82) is 0 Å². The van der Waals surface area contributed by atoms with Gasteiger partial charge in [-0.25, -0.2) is 10.2 Å². The highest BCUT2D eigenvalue weighted by atomic mass is 79.9. The van der Waals surface area contributed by atoms with Gasteiger partial charge < -0.3 is 10.1 Å². The molecule has 4 aromatic carbocycles. The number of hydrazone groups is 1. The number of nitrogens with zero attached hydrogens (tertiary/aromatic N) is 1. The smallest absolute Gasteiger partial charge is 0.343 e. The maximum Gasteiger partial charge on any atom is 0.343 e. The minimum absolute atomic E-state index is 0.241. The lowest BCUT2D eigenvalue weighted by Gasteiger charge is -2.08. The molecule has 7 nitrogen and oxygen atoms in total. The van der Waals surface area contributed by atoms with E-state index in [4.69, 9.17) is 4.74 Å². The van der Waals surface area contributed by atoms with Gasteiger partial charge in [0, 0.05) is 26.9 Å². The molecule has 2 amide bonds. The largest absolute Gasteiger partial charge is 0.422 e. The van der Waals surface area contributed by atoms with E-state index in [1.54, 1.807) is 91.0 Å². The van der Waals surface area contributed by atoms with Gasteiger partial charge in [-0.15, -0.1) is 0 Å². The molecule has 36 heavy (non-hydrogen) atoms. The molecule has 0 fully saturated rings. The van der Waals surface area contributed by atoms with E-state index in [0.29, 0.717) is 33.7 Å². The molecule has 0 unspecified atom stereocenters. The number of hydrogen-bond acceptors (Lipinski definition) is 5. The molecule has 2 N–H and O–H groups in total. The predicted octanol–water partition coefficient (Wildman–Crippen LogP) is 5.68. The minimum atomic E-state index is -0.504. The van der Waals surface area contributed by atoms with E-state index >= 15 is 0 Å². The summed E-state index contributed by atoms with van der Waals surface area (Å²) in [6, 6.07) is 29.0. The zero-order chi connectivity index (χ0) is 25.3. The van der Waals surface area contributed by atoms with Crippen LogP contribution in [0.4, 0.5) is 5.69 Å². The summed E-state index contributed by atoms with van der Waals surface area (Å²) in [6.45, 7) is 0. The van der Waals surface area contributed by atoms with Gasteiger partial charge in [-0.1, -0.05) is 52.3 Å². The van der Waals surface area contributed by atoms with Crippen molar-refractivity contribution < 1.29 is 19.1 Å². The second-order valence-electron chi connectivity index (χ2n) is 7.53. The Kier molecular flexibility index (Phi) is 8.00. The summed E-state index contributed by atoms with van der Waals surface area (Å²) >= 11 is 3.38. The number of anilines is 1. The molecule has 4 aromatic rings. The van der Waals surface area contributed by atoms with E-state index in [1.165, 1.54) is 6.21 Å². The van der Waals surface area contributed by atoms with Gasteiger partial charge in [-0.05, 0) is 66.7 Å². The van der Waals surface area contributed by atoms with Gasteiger partial charge in [0.1, 0.15) is 5.75 Å². The number of rotatable bonds is 7. The molecule has 0 atom stereocenters. The number of benzene rings is 4. The highest BCUT2D eigenvalue weighted by Gasteiger charge is 2.12. The Bertz CT molecular complexity index is 1410. The molecule has 0 aliphatic carbocycles. The first-order valence-corrected chi connectivity index (χ1v) is 11.7. The molecule has 4 rings (SSSR count). The van der Waals surface area contributed by atoms with Gasteiger partial charge in [0.15, 0.2) is 0 Å². The lowest BCUT2D eigenvalue weighted by molar-refractivity contribution is 0.0734. The van der Waals surface area contributed by atoms with Crippen LogP contribution in [0.3, 0.4) is 0 Å². The number of carbonyl (C=O) groups is 3. The highest BCUT2D eigenvalue weighted by Crippen LogP contribution is 2.23. The molecule has 178 valence electrons. The number of ether oxygens (including phenoxy) is 1. The van der Waals surface area contributed by atoms with Crippen LogP contribution in [0, 0.1) is 0 Å². The Morgan fingerprint density at radius 2 is 1.33 bits per heavy atom. The van der Waals surface area contributed by atoms with Crippen molar-refractivity contribution in [2.75, 3.05) is 5.32 Å². The maximum absolute atomic E-state index is 12.5. The summed E-state index contributed by atoms with van der Waals surface area (Å²) in [5.74, 6) is -0.889. The molecule has 0 aromatic heterocycles. The quantitative estimate of drug-likeness (QED) is 0.136. The molecule has 0 aliphatic heterocycles. The topological polar surface area (TPSA) is 96.9 Å². The van der Waals surface area contributed by atoms with Crippen LogP contribution in [-0.2, 0) is 0 Å². The third-order valence-electron chi connectivity index (χ3n) is 4.99. The van der Waals surface area contributed by atoms with Gasteiger partial charge in [-0.2, -0.15) is 5.10 Å². The highest BCUT2D eigenvalue weighted by molar-refractivity contribution is 9.10. The van der Waals surface area contributed by atoms with Crippen LogP contribution in [0.15, 0.2) is 113 Å². The minimum Gasteiger partial charge on any atom is -0.422 e. The Morgan fingerprint density at radius 3 is 2.00 bits per heavy atom. The SMILES string of the molecule is O=C(N/N=C\c1cc(Br)ccc1OC(=O)c1ccccc1)c1ccc(NC(=O)c2ccccc2)cc1. The van der Waals surface area contributed by atoms with Crippen molar-refractivity contribution >= 4 is 45.6 Å². The van der Waals surface area contributed by atoms with Crippen molar-refractivity contribution in [3.63, 3.8) is 0 Å². The molecule has 0 aliphatic rings. The molecule has 0 saturated heterocycles. The van der Waals surface area contributed by atoms with Crippen LogP contribution in [0.1, 0.15) is 36.6 Å². The van der Waals surface area contributed by atoms with Crippen LogP contribution in [-0.4, -0.2) is 24.0 Å². The fourth-order valence-corrected chi connectivity index (χ4v) is 3.55. The molecule has 8 heteroatoms. The monoisotopic (exact) mass is 541 g/mol. The molecular formula is C28H20BrN3O4. The molecule has 0 spiro atoms. The van der Waals surface area contributed by atoms with Gasteiger partial charge in [-0.3, -0.25) is 9.59 Å². The normalized spacial score (nSPS) is 10.6. The zero-order valence-corrected chi connectivity index (χ0v) is 20.4. The Balaban J connectivity index is 1.38. The van der Waals surface area contributed by atoms with Gasteiger partial charge in [0.2, 0.25) is 0 Å². The Hall–Kier alpha value is -4.56. The summed E-state index contributed by atoms with van der Waals surface area (Å²) in [4.78, 5) is 37.2. The summed E-state index contributed by atoms with van der Waals surface area (Å²) in [5.41, 5.74) is 4.81. The van der Waals surface area contributed by atoms with Crippen molar-refractivity contribution in [2.24, 2.45) is 5.10 Å². The summed E-state index contributed by atoms with van der Waals surface area (Å²) in [6.07, 6.45) is 1.39. The predicted molar refractivity (Wildman–Crippen MR) is 141 cm³/mol. The number of carbonyl (C=O) groups excluding carboxylic acids is 3. The zero-order valence-electron chi connectivity index (χ0n) is 18.9. The standard InChI is InChI=1S/C28H20BrN3O4/c29-23-13-16-25(36-28(35)21-9-5-2-6-10-21)22(17-23)18-30-32-27(34)20-11-14-24(15-12-20)31-26(33)19-7-3-1-4-8-19/h1-18H,(H,31,33)(H,32,34)/b30-18-. The van der Waals surface area contributed by atoms with Crippen LogP contribution in [0.25, 0.3) is 0 Å². The maximum atomic E-state index is 12.5. The van der Waals surface area contributed by atoms with Gasteiger partial charge in [0.25, 0.3) is 11.8 Å². The number of amides is 2. The first kappa shape index (κ1) is 24.6. The van der Waals surface area contributed by atoms with E-state index in [-0.39, 0.29) is 5.91 Å². The van der Waals surface area contributed by atoms with Crippen molar-refractivity contribution in [3.8, 4) is 5.75 Å². The van der Waals surface area contributed by atoms with Crippen molar-refractivity contribution in [2.45, 2.75) is 0 Å².